The van der Waals surface area contributed by atoms with Crippen LogP contribution in [0.15, 0.2) is 43.0 Å². The molecule has 0 spiro atoms. The number of aromatic nitrogens is 3. The molecule has 7 nitrogen and oxygen atoms in total. The average molecular weight is 335 g/mol. The molecule has 25 heavy (non-hydrogen) atoms. The van der Waals surface area contributed by atoms with Gasteiger partial charge in [-0.25, -0.2) is 4.52 Å². The van der Waals surface area contributed by atoms with Crippen LogP contribution in [0.5, 0.6) is 0 Å². The average Bonchev–Trinajstić information content (AvgIpc) is 3.05. The highest BCUT2D eigenvalue weighted by Gasteiger charge is 2.19. The van der Waals surface area contributed by atoms with Crippen molar-refractivity contribution in [1.29, 1.82) is 0 Å². The Morgan fingerprint density at radius 1 is 1.32 bits per heavy atom. The number of carbonyl (C=O) groups excluding carboxylic acids is 2. The molecule has 0 saturated heterocycles. The summed E-state index contributed by atoms with van der Waals surface area (Å²) < 4.78 is 1.62. The Balaban J connectivity index is 1.54. The summed E-state index contributed by atoms with van der Waals surface area (Å²) in [4.78, 5) is 28.1. The van der Waals surface area contributed by atoms with Crippen LogP contribution in [0.1, 0.15) is 40.9 Å². The number of nitrogens with one attached hydrogen (secondary N) is 2. The molecular weight excluding hydrogens is 318 g/mol. The zero-order valence-electron chi connectivity index (χ0n) is 13.7. The fourth-order valence-electron chi connectivity index (χ4n) is 3.04. The predicted octanol–water partition coefficient (Wildman–Crippen LogP) is 2.10. The SMILES string of the molecule is C[C@H](NC(=O)c1cnn2ccncc12)c1ccc2c(c1)CCC(=O)N2. The maximum absolute atomic E-state index is 12.6. The first kappa shape index (κ1) is 15.3. The van der Waals surface area contributed by atoms with Crippen LogP contribution in [-0.2, 0) is 11.2 Å². The summed E-state index contributed by atoms with van der Waals surface area (Å²) in [6.07, 6.45) is 7.70. The van der Waals surface area contributed by atoms with Crippen LogP contribution >= 0.6 is 0 Å². The smallest absolute Gasteiger partial charge is 0.255 e. The Labute approximate surface area is 144 Å². The van der Waals surface area contributed by atoms with Gasteiger partial charge in [-0.05, 0) is 30.5 Å². The maximum Gasteiger partial charge on any atom is 0.255 e. The number of amides is 2. The number of benzene rings is 1. The molecule has 1 aliphatic heterocycles. The van der Waals surface area contributed by atoms with Gasteiger partial charge in [0, 0.05) is 24.5 Å². The summed E-state index contributed by atoms with van der Waals surface area (Å²) in [5.74, 6) is -0.148. The molecule has 4 rings (SSSR count). The number of fused-ring (bicyclic) bond motifs is 2. The van der Waals surface area contributed by atoms with E-state index in [0.29, 0.717) is 17.5 Å². The summed E-state index contributed by atoms with van der Waals surface area (Å²) in [6.45, 7) is 1.94. The number of anilines is 1. The minimum Gasteiger partial charge on any atom is -0.345 e. The van der Waals surface area contributed by atoms with Crippen molar-refractivity contribution in [3.8, 4) is 0 Å². The molecule has 0 aliphatic carbocycles. The van der Waals surface area contributed by atoms with Crippen molar-refractivity contribution in [2.45, 2.75) is 25.8 Å². The summed E-state index contributed by atoms with van der Waals surface area (Å²) in [7, 11) is 0. The van der Waals surface area contributed by atoms with Crippen LogP contribution in [0.3, 0.4) is 0 Å². The van der Waals surface area contributed by atoms with E-state index in [2.05, 4.69) is 20.7 Å². The molecule has 0 bridgehead atoms. The van der Waals surface area contributed by atoms with E-state index in [1.807, 2.05) is 25.1 Å². The van der Waals surface area contributed by atoms with Crippen molar-refractivity contribution in [2.75, 3.05) is 5.32 Å². The van der Waals surface area contributed by atoms with E-state index < -0.39 is 0 Å². The van der Waals surface area contributed by atoms with Crippen molar-refractivity contribution in [3.63, 3.8) is 0 Å². The molecule has 0 radical (unpaired) electrons. The molecule has 1 aromatic carbocycles. The third kappa shape index (κ3) is 2.84. The van der Waals surface area contributed by atoms with Gasteiger partial charge in [-0.3, -0.25) is 14.6 Å². The number of carbonyl (C=O) groups is 2. The molecule has 3 aromatic rings. The van der Waals surface area contributed by atoms with Crippen LogP contribution in [-0.4, -0.2) is 26.4 Å². The quantitative estimate of drug-likeness (QED) is 0.767. The number of aryl methyl sites for hydroxylation is 1. The van der Waals surface area contributed by atoms with Gasteiger partial charge < -0.3 is 10.6 Å². The number of rotatable bonds is 3. The van der Waals surface area contributed by atoms with Gasteiger partial charge in [0.05, 0.1) is 29.5 Å². The van der Waals surface area contributed by atoms with E-state index in [0.717, 1.165) is 23.2 Å². The Bertz CT molecular complexity index is 979. The van der Waals surface area contributed by atoms with Gasteiger partial charge in [0.1, 0.15) is 0 Å². The highest BCUT2D eigenvalue weighted by atomic mass is 16.2. The second-order valence-corrected chi connectivity index (χ2v) is 6.12. The first-order chi connectivity index (χ1) is 12.1. The summed E-state index contributed by atoms with van der Waals surface area (Å²) in [6, 6.07) is 5.69. The fraction of sp³-hybridized carbons (Fsp3) is 0.222. The zero-order valence-corrected chi connectivity index (χ0v) is 13.7. The third-order valence-corrected chi connectivity index (χ3v) is 4.44. The minimum absolute atomic E-state index is 0.0447. The Kier molecular flexibility index (Phi) is 3.68. The van der Waals surface area contributed by atoms with E-state index in [-0.39, 0.29) is 17.9 Å². The van der Waals surface area contributed by atoms with Crippen LogP contribution in [0, 0.1) is 0 Å². The van der Waals surface area contributed by atoms with Gasteiger partial charge in [-0.1, -0.05) is 12.1 Å². The van der Waals surface area contributed by atoms with Crippen molar-refractivity contribution in [2.24, 2.45) is 0 Å². The lowest BCUT2D eigenvalue weighted by Crippen LogP contribution is -2.27. The van der Waals surface area contributed by atoms with Crippen LogP contribution in [0.4, 0.5) is 5.69 Å². The molecule has 0 fully saturated rings. The van der Waals surface area contributed by atoms with E-state index in [1.165, 1.54) is 0 Å². The Morgan fingerprint density at radius 3 is 3.08 bits per heavy atom. The fourth-order valence-corrected chi connectivity index (χ4v) is 3.04. The van der Waals surface area contributed by atoms with Gasteiger partial charge in [0.25, 0.3) is 5.91 Å². The molecule has 2 N–H and O–H groups in total. The van der Waals surface area contributed by atoms with E-state index in [4.69, 9.17) is 0 Å². The van der Waals surface area contributed by atoms with Gasteiger partial charge in [-0.15, -0.1) is 0 Å². The first-order valence-electron chi connectivity index (χ1n) is 8.13. The first-order valence-corrected chi connectivity index (χ1v) is 8.13. The normalized spacial score (nSPS) is 14.7. The molecule has 1 aliphatic rings. The topological polar surface area (TPSA) is 88.4 Å². The van der Waals surface area contributed by atoms with Crippen molar-refractivity contribution < 1.29 is 9.59 Å². The highest BCUT2D eigenvalue weighted by molar-refractivity contribution is 6.00. The molecule has 2 amide bonds. The van der Waals surface area contributed by atoms with Gasteiger partial charge in [0.15, 0.2) is 0 Å². The van der Waals surface area contributed by atoms with Crippen LogP contribution in [0.2, 0.25) is 0 Å². The lowest BCUT2D eigenvalue weighted by atomic mass is 9.97. The molecule has 0 saturated carbocycles. The lowest BCUT2D eigenvalue weighted by Gasteiger charge is -2.20. The Hall–Kier alpha value is -3.22. The van der Waals surface area contributed by atoms with Crippen molar-refractivity contribution in [1.82, 2.24) is 19.9 Å². The number of nitrogens with zero attached hydrogens (tertiary/aromatic N) is 3. The largest absolute Gasteiger partial charge is 0.345 e. The monoisotopic (exact) mass is 335 g/mol. The molecule has 1 atom stereocenters. The molecule has 7 heteroatoms. The molecular formula is C18H17N5O2. The molecule has 0 unspecified atom stereocenters. The summed E-state index contributed by atoms with van der Waals surface area (Å²) in [5, 5.41) is 10.0. The van der Waals surface area contributed by atoms with Crippen LogP contribution in [0.25, 0.3) is 5.52 Å². The predicted molar refractivity (Wildman–Crippen MR) is 92.3 cm³/mol. The Morgan fingerprint density at radius 2 is 2.20 bits per heavy atom. The van der Waals surface area contributed by atoms with Gasteiger partial charge in [-0.2, -0.15) is 5.10 Å². The third-order valence-electron chi connectivity index (χ3n) is 4.44. The number of hydrogen-bond donors (Lipinski definition) is 2. The highest BCUT2D eigenvalue weighted by Crippen LogP contribution is 2.26. The minimum atomic E-state index is -0.193. The second kappa shape index (κ2) is 6.01. The van der Waals surface area contributed by atoms with Gasteiger partial charge >= 0.3 is 0 Å². The van der Waals surface area contributed by atoms with Crippen molar-refractivity contribution in [3.05, 3.63) is 59.7 Å². The standard InChI is InChI=1S/C18H17N5O2/c1-11(12-2-4-15-13(8-12)3-5-17(24)22-15)21-18(25)14-9-20-23-7-6-19-10-16(14)23/h2,4,6-11H,3,5H2,1H3,(H,21,25)(H,22,24)/t11-/m0/s1. The molecule has 2 aromatic heterocycles. The lowest BCUT2D eigenvalue weighted by molar-refractivity contribution is -0.116. The van der Waals surface area contributed by atoms with Crippen LogP contribution < -0.4 is 10.6 Å². The second-order valence-electron chi connectivity index (χ2n) is 6.12. The molecule has 3 heterocycles. The van der Waals surface area contributed by atoms with E-state index >= 15 is 0 Å². The van der Waals surface area contributed by atoms with E-state index in [9.17, 15) is 9.59 Å². The maximum atomic E-state index is 12.6. The van der Waals surface area contributed by atoms with Crippen molar-refractivity contribution >= 4 is 23.0 Å². The molecule has 126 valence electrons. The summed E-state index contributed by atoms with van der Waals surface area (Å²) >= 11 is 0. The van der Waals surface area contributed by atoms with E-state index in [1.54, 1.807) is 29.3 Å². The van der Waals surface area contributed by atoms with Gasteiger partial charge in [0.2, 0.25) is 5.91 Å². The zero-order chi connectivity index (χ0) is 17.4. The summed E-state index contributed by atoms with van der Waals surface area (Å²) in [5.41, 5.74) is 4.11. The number of hydrogen-bond acceptors (Lipinski definition) is 4.